The van der Waals surface area contributed by atoms with Crippen LogP contribution in [-0.4, -0.2) is 41.9 Å². The molecule has 2 rings (SSSR count). The molecular weight excluding hydrogens is 296 g/mol. The van der Waals surface area contributed by atoms with E-state index in [1.54, 1.807) is 6.08 Å². The highest BCUT2D eigenvalue weighted by atomic mass is 16.2. The highest BCUT2D eigenvalue weighted by Gasteiger charge is 2.20. The van der Waals surface area contributed by atoms with Crippen LogP contribution < -0.4 is 10.4 Å². The Morgan fingerprint density at radius 2 is 1.75 bits per heavy atom. The van der Waals surface area contributed by atoms with E-state index in [2.05, 4.69) is 43.5 Å². The van der Waals surface area contributed by atoms with Gasteiger partial charge in [-0.1, -0.05) is 49.4 Å². The van der Waals surface area contributed by atoms with Gasteiger partial charge in [-0.2, -0.15) is 0 Å². The van der Waals surface area contributed by atoms with Gasteiger partial charge in [0.1, 0.15) is 0 Å². The van der Waals surface area contributed by atoms with Crippen molar-refractivity contribution < 1.29 is 4.79 Å². The Morgan fingerprint density at radius 3 is 2.33 bits per heavy atom. The summed E-state index contributed by atoms with van der Waals surface area (Å²) in [6.07, 6.45) is 6.74. The molecule has 1 fully saturated rings. The number of benzene rings is 1. The number of nitrogens with zero attached hydrogens (tertiary/aromatic N) is 2. The third-order valence-electron chi connectivity index (χ3n) is 4.15. The summed E-state index contributed by atoms with van der Waals surface area (Å²) in [5, 5.41) is 2.21. The normalized spacial score (nSPS) is 16.3. The molecule has 0 spiro atoms. The minimum atomic E-state index is 0.123. The van der Waals surface area contributed by atoms with Gasteiger partial charge in [0.15, 0.2) is 0 Å². The number of carbonyl (C=O) groups excluding carboxylic acids is 1. The molecule has 1 aliphatic rings. The van der Waals surface area contributed by atoms with Crippen LogP contribution in [0.3, 0.4) is 0 Å². The van der Waals surface area contributed by atoms with Gasteiger partial charge in [0, 0.05) is 37.1 Å². The van der Waals surface area contributed by atoms with Crippen LogP contribution in [0.15, 0.2) is 48.1 Å². The summed E-state index contributed by atoms with van der Waals surface area (Å²) in [5.74, 6) is 0.123. The lowest BCUT2D eigenvalue weighted by Gasteiger charge is -2.36. The molecule has 0 saturated carbocycles. The Hall–Kier alpha value is -2.29. The number of amides is 1. The summed E-state index contributed by atoms with van der Waals surface area (Å²) < 4.78 is 0. The Balaban J connectivity index is 2.24. The van der Waals surface area contributed by atoms with Gasteiger partial charge in [0.2, 0.25) is 5.91 Å². The highest BCUT2D eigenvalue weighted by Crippen LogP contribution is 2.13. The molecule has 1 aromatic carbocycles. The molecule has 1 heterocycles. The first-order chi connectivity index (χ1) is 11.5. The molecule has 1 aliphatic heterocycles. The van der Waals surface area contributed by atoms with Crippen molar-refractivity contribution in [3.8, 4) is 0 Å². The summed E-state index contributed by atoms with van der Waals surface area (Å²) in [7, 11) is 0. The molecule has 0 aliphatic carbocycles. The third-order valence-corrected chi connectivity index (χ3v) is 4.15. The topological polar surface area (TPSA) is 23.6 Å². The Bertz CT molecular complexity index is 733. The van der Waals surface area contributed by atoms with Crippen LogP contribution >= 0.6 is 0 Å². The van der Waals surface area contributed by atoms with Crippen LogP contribution in [0.2, 0.25) is 0 Å². The molecule has 3 heteroatoms. The smallest absolute Gasteiger partial charge is 0.246 e. The van der Waals surface area contributed by atoms with E-state index in [1.807, 2.05) is 30.0 Å². The molecule has 0 aromatic heterocycles. The number of allylic oxidation sites excluding steroid dienone is 2. The van der Waals surface area contributed by atoms with Crippen molar-refractivity contribution in [3.05, 3.63) is 58.5 Å². The van der Waals surface area contributed by atoms with Crippen molar-refractivity contribution in [2.24, 2.45) is 0 Å². The molecule has 0 unspecified atom stereocenters. The van der Waals surface area contributed by atoms with Gasteiger partial charge in [0.25, 0.3) is 0 Å². The van der Waals surface area contributed by atoms with Crippen molar-refractivity contribution in [1.29, 1.82) is 0 Å². The number of hydrogen-bond acceptors (Lipinski definition) is 2. The number of hydrogen-bond donors (Lipinski definition) is 0. The molecule has 3 nitrogen and oxygen atoms in total. The maximum absolute atomic E-state index is 12.1. The van der Waals surface area contributed by atoms with Gasteiger partial charge in [0.05, 0.1) is 0 Å². The Morgan fingerprint density at radius 1 is 1.12 bits per heavy atom. The number of carbonyl (C=O) groups is 1. The van der Waals surface area contributed by atoms with Gasteiger partial charge in [-0.15, -0.1) is 0 Å². The van der Waals surface area contributed by atoms with E-state index in [-0.39, 0.29) is 5.91 Å². The zero-order valence-electron chi connectivity index (χ0n) is 15.1. The average Bonchev–Trinajstić information content (AvgIpc) is 2.58. The Kier molecular flexibility index (Phi) is 6.42. The van der Waals surface area contributed by atoms with Gasteiger partial charge in [-0.25, -0.2) is 0 Å². The highest BCUT2D eigenvalue weighted by molar-refractivity contribution is 5.87. The van der Waals surface area contributed by atoms with Gasteiger partial charge >= 0.3 is 0 Å². The van der Waals surface area contributed by atoms with Crippen LogP contribution in [-0.2, 0) is 4.79 Å². The lowest BCUT2D eigenvalue weighted by atomic mass is 10.1. The fraction of sp³-hybridized carbons (Fsp3) is 0.381. The summed E-state index contributed by atoms with van der Waals surface area (Å²) in [4.78, 5) is 16.4. The fourth-order valence-corrected chi connectivity index (χ4v) is 2.87. The van der Waals surface area contributed by atoms with Crippen LogP contribution in [0.4, 0.5) is 0 Å². The van der Waals surface area contributed by atoms with Crippen molar-refractivity contribution in [1.82, 2.24) is 9.80 Å². The lowest BCUT2D eigenvalue weighted by Crippen LogP contribution is -2.48. The maximum Gasteiger partial charge on any atom is 0.246 e. The molecule has 0 bridgehead atoms. The molecular formula is C21H28N2O. The van der Waals surface area contributed by atoms with Crippen LogP contribution in [0, 0.1) is 0 Å². The minimum absolute atomic E-state index is 0.123. The second-order valence-electron chi connectivity index (χ2n) is 6.39. The lowest BCUT2D eigenvalue weighted by molar-refractivity contribution is -0.127. The van der Waals surface area contributed by atoms with E-state index in [1.165, 1.54) is 16.5 Å². The summed E-state index contributed by atoms with van der Waals surface area (Å²) >= 11 is 0. The molecule has 0 atom stereocenters. The second-order valence-corrected chi connectivity index (χ2v) is 6.39. The first-order valence-corrected chi connectivity index (χ1v) is 8.66. The Labute approximate surface area is 145 Å². The van der Waals surface area contributed by atoms with Gasteiger partial charge < -0.3 is 9.80 Å². The van der Waals surface area contributed by atoms with Crippen LogP contribution in [0.5, 0.6) is 0 Å². The first kappa shape index (κ1) is 18.1. The SMILES string of the molecule is C=c1cccc/c1=C(/C=C(C)C)N1CCN(C(=O)/C=C/CC)CC1. The van der Waals surface area contributed by atoms with Crippen molar-refractivity contribution in [3.63, 3.8) is 0 Å². The van der Waals surface area contributed by atoms with Crippen LogP contribution in [0.25, 0.3) is 12.3 Å². The standard InChI is InChI=1S/C21H28N2O/c1-5-6-11-21(24)23-14-12-22(13-15-23)20(16-17(2)3)19-10-8-7-9-18(19)4/h6-11,16H,4-5,12-15H2,1-3H3/b11-6+,20-19+. The van der Waals surface area contributed by atoms with Gasteiger partial charge in [-0.05, 0) is 37.6 Å². The van der Waals surface area contributed by atoms with E-state index < -0.39 is 0 Å². The largest absolute Gasteiger partial charge is 0.367 e. The molecule has 1 aromatic rings. The molecule has 1 saturated heterocycles. The maximum atomic E-state index is 12.1. The van der Waals surface area contributed by atoms with E-state index in [4.69, 9.17) is 0 Å². The zero-order chi connectivity index (χ0) is 17.5. The zero-order valence-corrected chi connectivity index (χ0v) is 15.1. The summed E-state index contributed by atoms with van der Waals surface area (Å²) in [5.41, 5.74) is 2.47. The van der Waals surface area contributed by atoms with E-state index in [0.29, 0.717) is 0 Å². The molecule has 0 radical (unpaired) electrons. The summed E-state index contributed by atoms with van der Waals surface area (Å²) in [6.45, 7) is 13.6. The van der Waals surface area contributed by atoms with Gasteiger partial charge in [-0.3, -0.25) is 4.79 Å². The van der Waals surface area contributed by atoms with Crippen molar-refractivity contribution >= 4 is 18.2 Å². The molecule has 0 N–H and O–H groups in total. The second kappa shape index (κ2) is 8.53. The third kappa shape index (κ3) is 4.60. The van der Waals surface area contributed by atoms with Crippen molar-refractivity contribution in [2.45, 2.75) is 27.2 Å². The average molecular weight is 324 g/mol. The molecule has 24 heavy (non-hydrogen) atoms. The molecule has 1 amide bonds. The van der Waals surface area contributed by atoms with E-state index in [0.717, 1.165) is 37.8 Å². The van der Waals surface area contributed by atoms with Crippen molar-refractivity contribution in [2.75, 3.05) is 26.2 Å². The quantitative estimate of drug-likeness (QED) is 0.794. The monoisotopic (exact) mass is 324 g/mol. The molecule has 128 valence electrons. The minimum Gasteiger partial charge on any atom is -0.367 e. The number of rotatable bonds is 4. The first-order valence-electron chi connectivity index (χ1n) is 8.66. The van der Waals surface area contributed by atoms with Crippen LogP contribution in [0.1, 0.15) is 27.2 Å². The number of piperazine rings is 1. The summed E-state index contributed by atoms with van der Waals surface area (Å²) in [6, 6.07) is 8.24. The fourth-order valence-electron chi connectivity index (χ4n) is 2.87. The van der Waals surface area contributed by atoms with E-state index >= 15 is 0 Å². The van der Waals surface area contributed by atoms with E-state index in [9.17, 15) is 4.79 Å². The predicted molar refractivity (Wildman–Crippen MR) is 102 cm³/mol. The predicted octanol–water partition coefficient (Wildman–Crippen LogP) is 2.28.